The Morgan fingerprint density at radius 1 is 1.26 bits per heavy atom. The second-order valence-electron chi connectivity index (χ2n) is 5.07. The second-order valence-corrected chi connectivity index (χ2v) is 13.1. The topological polar surface area (TPSA) is 44.8 Å². The van der Waals surface area contributed by atoms with Crippen LogP contribution < -0.4 is 0 Å². The lowest BCUT2D eigenvalue weighted by atomic mass is 10.2. The van der Waals surface area contributed by atoms with Crippen molar-refractivity contribution in [2.24, 2.45) is 0 Å². The van der Waals surface area contributed by atoms with Crippen LogP contribution in [-0.2, 0) is 17.8 Å². The number of carbonyl (C=O) groups excluding carboxylic acids is 1. The van der Waals surface area contributed by atoms with E-state index in [9.17, 15) is 4.79 Å². The van der Waals surface area contributed by atoms with Crippen molar-refractivity contribution in [1.82, 2.24) is 0 Å². The first kappa shape index (κ1) is 18.8. The van der Waals surface area contributed by atoms with E-state index in [4.69, 9.17) is 13.0 Å². The molecule has 7 heteroatoms. The molecule has 0 radical (unpaired) electrons. The SMILES string of the molecule is C=CC(=O)OCCC(CC)[SiH](O[SiH](C)C)O[SiH](C)C.[H+].[H+]. The quantitative estimate of drug-likeness (QED) is 0.352. The molecule has 0 saturated carbocycles. The molecule has 19 heavy (non-hydrogen) atoms. The van der Waals surface area contributed by atoms with Gasteiger partial charge in [-0.05, 0) is 32.6 Å². The van der Waals surface area contributed by atoms with Gasteiger partial charge in [0.2, 0.25) is 0 Å². The van der Waals surface area contributed by atoms with Gasteiger partial charge >= 0.3 is 18.1 Å². The molecule has 0 rings (SSSR count). The fraction of sp³-hybridized carbons (Fsp3) is 0.750. The monoisotopic (exact) mass is 322 g/mol. The van der Waals surface area contributed by atoms with Crippen LogP contribution in [-0.4, -0.2) is 39.9 Å². The number of hydrogen-bond donors (Lipinski definition) is 0. The molecule has 1 unspecified atom stereocenters. The molecule has 0 aliphatic heterocycles. The van der Waals surface area contributed by atoms with Crippen LogP contribution >= 0.6 is 0 Å². The molecule has 0 spiro atoms. The standard InChI is InChI=1S/C12H28O4Si3/c1-7-11(9-10-14-12(13)8-2)19(15-17(3)4)16-18(5)6/h8,11,17-19H,2,7,9-10H2,1,3-6H3/p+2. The first-order valence-corrected chi connectivity index (χ1v) is 14.2. The average molecular weight is 323 g/mol. The smallest absolute Gasteiger partial charge is 0.463 e. The van der Waals surface area contributed by atoms with E-state index in [1.807, 2.05) is 0 Å². The number of esters is 1. The molecule has 1 atom stereocenters. The summed E-state index contributed by atoms with van der Waals surface area (Å²) in [7, 11) is -3.79. The maximum atomic E-state index is 11.0. The number of hydrogen-bond acceptors (Lipinski definition) is 4. The van der Waals surface area contributed by atoms with Crippen molar-refractivity contribution in [2.75, 3.05) is 6.61 Å². The lowest BCUT2D eigenvalue weighted by molar-refractivity contribution is -0.137. The Balaban J connectivity index is -0.00000162. The summed E-state index contributed by atoms with van der Waals surface area (Å²) in [4.78, 5) is 11.0. The lowest BCUT2D eigenvalue weighted by Crippen LogP contribution is -2.37. The van der Waals surface area contributed by atoms with E-state index in [0.29, 0.717) is 12.1 Å². The van der Waals surface area contributed by atoms with Gasteiger partial charge in [-0.15, -0.1) is 0 Å². The Kier molecular flexibility index (Phi) is 10.4. The van der Waals surface area contributed by atoms with Crippen LogP contribution in [0.3, 0.4) is 0 Å². The summed E-state index contributed by atoms with van der Waals surface area (Å²) in [5.41, 5.74) is 0.419. The number of rotatable bonds is 10. The Hall–Kier alpha value is -0.219. The largest absolute Gasteiger partial charge is 1.00 e. The summed E-state index contributed by atoms with van der Waals surface area (Å²) in [6.45, 7) is 14.7. The minimum absolute atomic E-state index is 0. The molecular formula is C12H30O4Si3+2. The molecule has 0 N–H and O–H groups in total. The highest BCUT2D eigenvalue weighted by Gasteiger charge is 2.27. The lowest BCUT2D eigenvalue weighted by Gasteiger charge is -2.28. The molecule has 0 aromatic rings. The highest BCUT2D eigenvalue weighted by molar-refractivity contribution is 6.68. The van der Waals surface area contributed by atoms with Crippen LogP contribution in [0.4, 0.5) is 0 Å². The van der Waals surface area contributed by atoms with Gasteiger partial charge in [0, 0.05) is 11.6 Å². The van der Waals surface area contributed by atoms with Crippen molar-refractivity contribution in [1.29, 1.82) is 0 Å². The van der Waals surface area contributed by atoms with Gasteiger partial charge in [-0.3, -0.25) is 0 Å². The minimum Gasteiger partial charge on any atom is -0.463 e. The first-order valence-electron chi connectivity index (χ1n) is 7.00. The van der Waals surface area contributed by atoms with Crippen molar-refractivity contribution in [3.8, 4) is 0 Å². The summed E-state index contributed by atoms with van der Waals surface area (Å²) in [5.74, 6) is -0.355. The molecule has 0 bridgehead atoms. The van der Waals surface area contributed by atoms with Crippen molar-refractivity contribution in [2.45, 2.75) is 51.5 Å². The highest BCUT2D eigenvalue weighted by Crippen LogP contribution is 2.22. The zero-order chi connectivity index (χ0) is 14.8. The van der Waals surface area contributed by atoms with Crippen molar-refractivity contribution >= 4 is 33.3 Å². The van der Waals surface area contributed by atoms with Gasteiger partial charge < -0.3 is 13.0 Å². The van der Waals surface area contributed by atoms with Gasteiger partial charge in [0.05, 0.1) is 6.61 Å². The molecule has 0 amide bonds. The fourth-order valence-corrected chi connectivity index (χ4v) is 9.39. The number of carbonyl (C=O) groups is 1. The van der Waals surface area contributed by atoms with E-state index in [1.165, 1.54) is 6.08 Å². The van der Waals surface area contributed by atoms with Crippen LogP contribution in [0.15, 0.2) is 12.7 Å². The van der Waals surface area contributed by atoms with Crippen molar-refractivity contribution in [3.05, 3.63) is 12.7 Å². The molecule has 0 heterocycles. The predicted molar refractivity (Wildman–Crippen MR) is 89.1 cm³/mol. The molecule has 0 aromatic carbocycles. The van der Waals surface area contributed by atoms with Crippen LogP contribution in [0.2, 0.25) is 31.7 Å². The van der Waals surface area contributed by atoms with E-state index in [-0.39, 0.29) is 8.82 Å². The summed E-state index contributed by atoms with van der Waals surface area (Å²) in [6, 6.07) is 0. The molecule has 4 nitrogen and oxygen atoms in total. The fourth-order valence-electron chi connectivity index (χ4n) is 1.69. The third-order valence-electron chi connectivity index (χ3n) is 2.62. The van der Waals surface area contributed by atoms with E-state index in [0.717, 1.165) is 12.8 Å². The maximum absolute atomic E-state index is 11.0. The molecule has 0 saturated heterocycles. The van der Waals surface area contributed by atoms with Gasteiger partial charge in [0.25, 0.3) is 0 Å². The normalized spacial score (nSPS) is 13.1. The molecular weight excluding hydrogens is 292 g/mol. The van der Waals surface area contributed by atoms with E-state index in [2.05, 4.69) is 39.7 Å². The van der Waals surface area contributed by atoms with Crippen LogP contribution in [0.5, 0.6) is 0 Å². The Labute approximate surface area is 125 Å². The van der Waals surface area contributed by atoms with Gasteiger partial charge in [-0.2, -0.15) is 0 Å². The molecule has 0 aliphatic carbocycles. The number of ether oxygens (including phenoxy) is 1. The van der Waals surface area contributed by atoms with E-state index < -0.39 is 27.4 Å². The molecule has 0 aliphatic rings. The van der Waals surface area contributed by atoms with E-state index >= 15 is 0 Å². The van der Waals surface area contributed by atoms with Crippen LogP contribution in [0, 0.1) is 0 Å². The maximum Gasteiger partial charge on any atom is 1.00 e. The van der Waals surface area contributed by atoms with Gasteiger partial charge in [0.15, 0.2) is 18.1 Å². The zero-order valence-electron chi connectivity index (χ0n) is 14.8. The summed E-state index contributed by atoms with van der Waals surface area (Å²) in [6.07, 6.45) is 3.05. The Morgan fingerprint density at radius 3 is 2.16 bits per heavy atom. The third kappa shape index (κ3) is 9.33. The van der Waals surface area contributed by atoms with Gasteiger partial charge in [0.1, 0.15) is 0 Å². The summed E-state index contributed by atoms with van der Waals surface area (Å²) < 4.78 is 17.3. The van der Waals surface area contributed by atoms with E-state index in [1.54, 1.807) is 0 Å². The Bertz CT molecular complexity index is 271. The molecule has 112 valence electrons. The zero-order valence-corrected chi connectivity index (χ0v) is 16.3. The van der Waals surface area contributed by atoms with Gasteiger partial charge in [-0.1, -0.05) is 19.9 Å². The first-order chi connectivity index (χ1) is 8.90. The third-order valence-corrected chi connectivity index (χ3v) is 10.7. The van der Waals surface area contributed by atoms with Crippen molar-refractivity contribution in [3.63, 3.8) is 0 Å². The van der Waals surface area contributed by atoms with Crippen LogP contribution in [0.1, 0.15) is 22.6 Å². The molecule has 0 aromatic heterocycles. The summed E-state index contributed by atoms with van der Waals surface area (Å²) >= 11 is 0. The van der Waals surface area contributed by atoms with Crippen LogP contribution in [0.25, 0.3) is 0 Å². The second kappa shape index (κ2) is 10.6. The summed E-state index contributed by atoms with van der Waals surface area (Å²) in [5, 5.41) is 0. The Morgan fingerprint density at radius 2 is 1.79 bits per heavy atom. The highest BCUT2D eigenvalue weighted by atomic mass is 28.4. The molecule has 0 fully saturated rings. The van der Waals surface area contributed by atoms with Crippen molar-refractivity contribution < 1.29 is 20.6 Å². The minimum atomic E-state index is -1.63. The predicted octanol–water partition coefficient (Wildman–Crippen LogP) is 2.33. The average Bonchev–Trinajstić information content (AvgIpc) is 2.32. The van der Waals surface area contributed by atoms with Gasteiger partial charge in [-0.25, -0.2) is 4.79 Å².